The molecule has 1 saturated heterocycles. The van der Waals surface area contributed by atoms with Crippen LogP contribution in [0.4, 0.5) is 11.4 Å². The summed E-state index contributed by atoms with van der Waals surface area (Å²) in [6, 6.07) is 10.6. The van der Waals surface area contributed by atoms with Crippen molar-refractivity contribution < 1.29 is 15.0 Å². The van der Waals surface area contributed by atoms with Gasteiger partial charge in [-0.2, -0.15) is 0 Å². The van der Waals surface area contributed by atoms with E-state index >= 15 is 0 Å². The van der Waals surface area contributed by atoms with Crippen LogP contribution in [0.2, 0.25) is 0 Å². The maximum absolute atomic E-state index is 11.1. The Morgan fingerprint density at radius 2 is 1.69 bits per heavy atom. The van der Waals surface area contributed by atoms with Crippen LogP contribution in [0.15, 0.2) is 36.4 Å². The third-order valence-electron chi connectivity index (χ3n) is 6.59. The van der Waals surface area contributed by atoms with Gasteiger partial charge in [-0.15, -0.1) is 0 Å². The van der Waals surface area contributed by atoms with Gasteiger partial charge in [0.2, 0.25) is 0 Å². The van der Waals surface area contributed by atoms with Crippen LogP contribution in [0.25, 0.3) is 0 Å². The number of anilines is 2. The number of aliphatic hydroxyl groups is 1. The summed E-state index contributed by atoms with van der Waals surface area (Å²) in [6.07, 6.45) is -0.957. The fourth-order valence-electron chi connectivity index (χ4n) is 4.63. The molecule has 2 aromatic rings. The SMILES string of the molecule is CC(C)CN(C)c1c(N2CCN(C)CC2)cc(C(O)C#Cc2ccc(C(=O)O)cc2)cc1C(C)(C)C. The van der Waals surface area contributed by atoms with Gasteiger partial charge >= 0.3 is 5.97 Å². The highest BCUT2D eigenvalue weighted by atomic mass is 16.4. The molecule has 6 heteroatoms. The maximum atomic E-state index is 11.1. The first-order valence-corrected chi connectivity index (χ1v) is 12.7. The van der Waals surface area contributed by atoms with Crippen LogP contribution in [-0.4, -0.2) is 67.9 Å². The lowest BCUT2D eigenvalue weighted by atomic mass is 9.83. The average molecular weight is 492 g/mol. The lowest BCUT2D eigenvalue weighted by Crippen LogP contribution is -2.45. The summed E-state index contributed by atoms with van der Waals surface area (Å²) in [5.74, 6) is 5.54. The molecule has 0 radical (unpaired) electrons. The molecule has 194 valence electrons. The van der Waals surface area contributed by atoms with E-state index in [-0.39, 0.29) is 11.0 Å². The van der Waals surface area contributed by atoms with E-state index in [1.54, 1.807) is 12.1 Å². The number of carbonyl (C=O) groups is 1. The lowest BCUT2D eigenvalue weighted by Gasteiger charge is -2.40. The van der Waals surface area contributed by atoms with E-state index in [1.165, 1.54) is 23.4 Å². The minimum atomic E-state index is -0.969. The van der Waals surface area contributed by atoms with E-state index in [0.717, 1.165) is 44.0 Å². The number of likely N-dealkylation sites (N-methyl/N-ethyl adjacent to an activating group) is 1. The molecule has 2 aromatic carbocycles. The third-order valence-corrected chi connectivity index (χ3v) is 6.59. The number of benzene rings is 2. The van der Waals surface area contributed by atoms with Gasteiger partial charge in [0, 0.05) is 45.3 Å². The molecule has 0 aromatic heterocycles. The van der Waals surface area contributed by atoms with Crippen LogP contribution in [0.1, 0.15) is 67.8 Å². The predicted octanol–water partition coefficient (Wildman–Crippen LogP) is 4.61. The second-order valence-corrected chi connectivity index (χ2v) is 11.3. The van der Waals surface area contributed by atoms with E-state index in [9.17, 15) is 9.90 Å². The molecule has 1 atom stereocenters. The lowest BCUT2D eigenvalue weighted by molar-refractivity contribution is 0.0697. The van der Waals surface area contributed by atoms with Crippen LogP contribution in [0.3, 0.4) is 0 Å². The van der Waals surface area contributed by atoms with Crippen LogP contribution >= 0.6 is 0 Å². The molecule has 0 bridgehead atoms. The van der Waals surface area contributed by atoms with Gasteiger partial charge in [0.05, 0.1) is 16.9 Å². The van der Waals surface area contributed by atoms with Gasteiger partial charge in [0.1, 0.15) is 6.10 Å². The molecule has 3 rings (SSSR count). The molecule has 1 aliphatic heterocycles. The highest BCUT2D eigenvalue weighted by Gasteiger charge is 2.28. The number of aromatic carboxylic acids is 1. The number of aliphatic hydroxyl groups excluding tert-OH is 1. The summed E-state index contributed by atoms with van der Waals surface area (Å²) < 4.78 is 0. The number of piperazine rings is 1. The standard InChI is InChI=1S/C30H41N3O3/c1-21(2)20-32(7)28-25(30(3,4)5)18-24(19-26(28)33-16-14-31(6)15-17-33)27(34)13-10-22-8-11-23(12-9-22)29(35)36/h8-9,11-12,18-19,21,27,34H,14-17,20H2,1-7H3,(H,35,36). The summed E-state index contributed by atoms with van der Waals surface area (Å²) in [5, 5.41) is 20.3. The summed E-state index contributed by atoms with van der Waals surface area (Å²) in [7, 11) is 4.32. The minimum Gasteiger partial charge on any atom is -0.478 e. The van der Waals surface area contributed by atoms with Crippen LogP contribution < -0.4 is 9.80 Å². The Balaban J connectivity index is 2.07. The van der Waals surface area contributed by atoms with Crippen LogP contribution in [-0.2, 0) is 5.41 Å². The Morgan fingerprint density at radius 3 is 2.22 bits per heavy atom. The van der Waals surface area contributed by atoms with Crippen molar-refractivity contribution >= 4 is 17.3 Å². The third kappa shape index (κ3) is 6.81. The number of nitrogens with zero attached hydrogens (tertiary/aromatic N) is 3. The Hall–Kier alpha value is -3.01. The van der Waals surface area contributed by atoms with Crippen molar-refractivity contribution in [2.24, 2.45) is 5.92 Å². The zero-order valence-electron chi connectivity index (χ0n) is 22.8. The van der Waals surface area contributed by atoms with Gasteiger partial charge < -0.3 is 24.9 Å². The van der Waals surface area contributed by atoms with Gasteiger partial charge in [-0.25, -0.2) is 4.79 Å². The number of carboxylic acids is 1. The smallest absolute Gasteiger partial charge is 0.335 e. The van der Waals surface area contributed by atoms with Gasteiger partial charge in [-0.3, -0.25) is 0 Å². The van der Waals surface area contributed by atoms with E-state index in [0.29, 0.717) is 11.5 Å². The fraction of sp³-hybridized carbons (Fsp3) is 0.500. The van der Waals surface area contributed by atoms with Crippen molar-refractivity contribution in [3.05, 3.63) is 58.7 Å². The van der Waals surface area contributed by atoms with Crippen molar-refractivity contribution in [2.45, 2.75) is 46.1 Å². The maximum Gasteiger partial charge on any atom is 0.335 e. The predicted molar refractivity (Wildman–Crippen MR) is 148 cm³/mol. The Bertz CT molecular complexity index is 1120. The van der Waals surface area contributed by atoms with Crippen LogP contribution in [0.5, 0.6) is 0 Å². The van der Waals surface area contributed by atoms with Crippen LogP contribution in [0, 0.1) is 17.8 Å². The second kappa shape index (κ2) is 11.4. The van der Waals surface area contributed by atoms with E-state index < -0.39 is 12.1 Å². The molecular formula is C30H41N3O3. The monoisotopic (exact) mass is 491 g/mol. The van der Waals surface area contributed by atoms with Gasteiger partial charge in [-0.05, 0) is 65.9 Å². The highest BCUT2D eigenvalue weighted by molar-refractivity contribution is 5.87. The fourth-order valence-corrected chi connectivity index (χ4v) is 4.63. The Labute approximate surface area is 216 Å². The van der Waals surface area contributed by atoms with Crippen molar-refractivity contribution in [1.29, 1.82) is 0 Å². The van der Waals surface area contributed by atoms with Gasteiger partial charge in [0.25, 0.3) is 0 Å². The van der Waals surface area contributed by atoms with E-state index in [4.69, 9.17) is 5.11 Å². The molecule has 0 spiro atoms. The summed E-state index contributed by atoms with van der Waals surface area (Å²) in [6.45, 7) is 15.9. The van der Waals surface area contributed by atoms with Crippen molar-refractivity contribution in [1.82, 2.24) is 4.90 Å². The second-order valence-electron chi connectivity index (χ2n) is 11.3. The zero-order chi connectivity index (χ0) is 26.6. The zero-order valence-corrected chi connectivity index (χ0v) is 22.8. The number of hydrogen-bond donors (Lipinski definition) is 2. The average Bonchev–Trinajstić information content (AvgIpc) is 2.81. The molecule has 1 aliphatic rings. The number of rotatable bonds is 6. The van der Waals surface area contributed by atoms with Crippen molar-refractivity contribution in [2.75, 3.05) is 56.6 Å². The molecule has 36 heavy (non-hydrogen) atoms. The normalized spacial score (nSPS) is 15.4. The molecule has 0 aliphatic carbocycles. The van der Waals surface area contributed by atoms with Crippen molar-refractivity contribution in [3.8, 4) is 11.8 Å². The first-order chi connectivity index (χ1) is 16.9. The molecular weight excluding hydrogens is 450 g/mol. The first-order valence-electron chi connectivity index (χ1n) is 12.7. The molecule has 2 N–H and O–H groups in total. The first kappa shape index (κ1) is 27.6. The molecule has 1 heterocycles. The van der Waals surface area contributed by atoms with Gasteiger partial charge in [0.15, 0.2) is 0 Å². The summed E-state index contributed by atoms with van der Waals surface area (Å²) in [4.78, 5) is 18.3. The summed E-state index contributed by atoms with van der Waals surface area (Å²) >= 11 is 0. The quantitative estimate of drug-likeness (QED) is 0.575. The molecule has 0 amide bonds. The number of carboxylic acid groups (broad SMARTS) is 1. The van der Waals surface area contributed by atoms with E-state index in [1.807, 2.05) is 0 Å². The Kier molecular flexibility index (Phi) is 8.71. The number of hydrogen-bond acceptors (Lipinski definition) is 5. The minimum absolute atomic E-state index is 0.127. The molecule has 1 fully saturated rings. The topological polar surface area (TPSA) is 67.2 Å². The largest absolute Gasteiger partial charge is 0.478 e. The van der Waals surface area contributed by atoms with Crippen molar-refractivity contribution in [3.63, 3.8) is 0 Å². The van der Waals surface area contributed by atoms with E-state index in [2.05, 4.69) is 87.4 Å². The molecule has 0 saturated carbocycles. The highest BCUT2D eigenvalue weighted by Crippen LogP contribution is 2.42. The molecule has 1 unspecified atom stereocenters. The van der Waals surface area contributed by atoms with Gasteiger partial charge in [-0.1, -0.05) is 46.5 Å². The summed E-state index contributed by atoms with van der Waals surface area (Å²) in [5.41, 5.74) is 5.12. The Morgan fingerprint density at radius 1 is 1.08 bits per heavy atom. The molecule has 6 nitrogen and oxygen atoms in total.